The van der Waals surface area contributed by atoms with Crippen molar-refractivity contribution in [3.8, 4) is 11.3 Å². The van der Waals surface area contributed by atoms with E-state index in [1.54, 1.807) is 6.20 Å². The summed E-state index contributed by atoms with van der Waals surface area (Å²) in [5.41, 5.74) is 0.993. The van der Waals surface area contributed by atoms with Gasteiger partial charge in [0.2, 0.25) is 5.89 Å². The van der Waals surface area contributed by atoms with Crippen LogP contribution in [0.3, 0.4) is 0 Å². The van der Waals surface area contributed by atoms with E-state index in [1.807, 2.05) is 18.2 Å². The van der Waals surface area contributed by atoms with E-state index in [9.17, 15) is 0 Å². The van der Waals surface area contributed by atoms with Gasteiger partial charge in [-0.05, 0) is 18.2 Å². The number of rotatable bonds is 4. The molecular weight excluding hydrogens is 360 g/mol. The van der Waals surface area contributed by atoms with E-state index < -0.39 is 0 Å². The third kappa shape index (κ3) is 3.43. The first-order valence-corrected chi connectivity index (χ1v) is 7.28. The Balaban J connectivity index is 2.21. The molecule has 0 unspecified atom stereocenters. The number of benzene rings is 1. The van der Waals surface area contributed by atoms with Gasteiger partial charge in [0.15, 0.2) is 5.76 Å². The molecule has 18 heavy (non-hydrogen) atoms. The minimum Gasteiger partial charge on any atom is -0.439 e. The van der Waals surface area contributed by atoms with Gasteiger partial charge in [-0.2, -0.15) is 0 Å². The van der Waals surface area contributed by atoms with Crippen LogP contribution < -0.4 is 5.32 Å². The second-order valence-electron chi connectivity index (χ2n) is 4.28. The van der Waals surface area contributed by atoms with Crippen molar-refractivity contribution in [1.82, 2.24) is 10.3 Å². The fraction of sp³-hybridized carbons (Fsp3) is 0.308. The SMILES string of the molecule is CC(C)NCc1ncc(-c2cc(Br)ccc2Br)o1. The molecule has 3 nitrogen and oxygen atoms in total. The van der Waals surface area contributed by atoms with Crippen LogP contribution in [0.15, 0.2) is 37.8 Å². The number of aromatic nitrogens is 1. The molecule has 0 bridgehead atoms. The molecule has 0 aliphatic carbocycles. The van der Waals surface area contributed by atoms with Gasteiger partial charge in [0, 0.05) is 20.6 Å². The molecule has 1 heterocycles. The van der Waals surface area contributed by atoms with Crippen molar-refractivity contribution in [2.45, 2.75) is 26.4 Å². The minimum atomic E-state index is 0.415. The zero-order valence-electron chi connectivity index (χ0n) is 10.2. The first-order chi connectivity index (χ1) is 8.56. The number of hydrogen-bond donors (Lipinski definition) is 1. The average molecular weight is 374 g/mol. The van der Waals surface area contributed by atoms with Gasteiger partial charge in [-0.3, -0.25) is 0 Å². The molecule has 0 atom stereocenters. The smallest absolute Gasteiger partial charge is 0.208 e. The molecule has 0 aliphatic heterocycles. The maximum Gasteiger partial charge on any atom is 0.208 e. The van der Waals surface area contributed by atoms with Gasteiger partial charge in [-0.1, -0.05) is 45.7 Å². The Kier molecular flexibility index (Phi) is 4.59. The topological polar surface area (TPSA) is 38.1 Å². The maximum atomic E-state index is 5.73. The highest BCUT2D eigenvalue weighted by atomic mass is 79.9. The van der Waals surface area contributed by atoms with Crippen molar-refractivity contribution < 1.29 is 4.42 Å². The van der Waals surface area contributed by atoms with Crippen molar-refractivity contribution in [3.63, 3.8) is 0 Å². The molecule has 0 radical (unpaired) electrons. The van der Waals surface area contributed by atoms with Gasteiger partial charge >= 0.3 is 0 Å². The number of hydrogen-bond acceptors (Lipinski definition) is 3. The van der Waals surface area contributed by atoms with Gasteiger partial charge in [0.25, 0.3) is 0 Å². The van der Waals surface area contributed by atoms with Crippen LogP contribution in [0.5, 0.6) is 0 Å². The molecule has 1 aromatic heterocycles. The highest BCUT2D eigenvalue weighted by Gasteiger charge is 2.10. The summed E-state index contributed by atoms with van der Waals surface area (Å²) < 4.78 is 7.74. The van der Waals surface area contributed by atoms with E-state index in [-0.39, 0.29) is 0 Å². The first-order valence-electron chi connectivity index (χ1n) is 5.70. The molecule has 1 N–H and O–H groups in total. The van der Waals surface area contributed by atoms with Crippen LogP contribution in [0.4, 0.5) is 0 Å². The fourth-order valence-electron chi connectivity index (χ4n) is 1.49. The summed E-state index contributed by atoms with van der Waals surface area (Å²) in [5.74, 6) is 1.47. The van der Waals surface area contributed by atoms with Gasteiger partial charge in [-0.15, -0.1) is 0 Å². The van der Waals surface area contributed by atoms with Crippen molar-refractivity contribution in [2.24, 2.45) is 0 Å². The van der Waals surface area contributed by atoms with Gasteiger partial charge < -0.3 is 9.73 Å². The third-order valence-electron chi connectivity index (χ3n) is 2.41. The van der Waals surface area contributed by atoms with E-state index in [1.165, 1.54) is 0 Å². The van der Waals surface area contributed by atoms with E-state index in [0.29, 0.717) is 18.5 Å². The van der Waals surface area contributed by atoms with Crippen molar-refractivity contribution in [3.05, 3.63) is 39.2 Å². The fourth-order valence-corrected chi connectivity index (χ4v) is 2.30. The standard InChI is InChI=1S/C13H14Br2N2O/c1-8(2)16-7-13-17-6-12(18-13)10-5-9(14)3-4-11(10)15/h3-6,8,16H,7H2,1-2H3. The lowest BCUT2D eigenvalue weighted by molar-refractivity contribution is 0.459. The molecule has 0 saturated carbocycles. The lowest BCUT2D eigenvalue weighted by Gasteiger charge is -2.04. The lowest BCUT2D eigenvalue weighted by atomic mass is 10.2. The van der Waals surface area contributed by atoms with Gasteiger partial charge in [-0.25, -0.2) is 4.98 Å². The Morgan fingerprint density at radius 3 is 2.83 bits per heavy atom. The summed E-state index contributed by atoms with van der Waals surface area (Å²) in [6.45, 7) is 4.83. The number of nitrogens with zero attached hydrogens (tertiary/aromatic N) is 1. The molecule has 0 amide bonds. The first kappa shape index (κ1) is 13.8. The molecule has 0 spiro atoms. The zero-order valence-corrected chi connectivity index (χ0v) is 13.4. The Bertz CT molecular complexity index is 538. The second kappa shape index (κ2) is 5.99. The second-order valence-corrected chi connectivity index (χ2v) is 6.05. The Hall–Kier alpha value is -0.650. The van der Waals surface area contributed by atoms with Crippen LogP contribution in [0.1, 0.15) is 19.7 Å². The molecule has 96 valence electrons. The van der Waals surface area contributed by atoms with Crippen molar-refractivity contribution in [1.29, 1.82) is 0 Å². The normalized spacial score (nSPS) is 11.2. The van der Waals surface area contributed by atoms with Crippen LogP contribution in [-0.4, -0.2) is 11.0 Å². The molecule has 1 aromatic carbocycles. The van der Waals surface area contributed by atoms with Crippen molar-refractivity contribution >= 4 is 31.9 Å². The predicted molar refractivity (Wildman–Crippen MR) is 79.3 cm³/mol. The quantitative estimate of drug-likeness (QED) is 0.864. The van der Waals surface area contributed by atoms with E-state index in [2.05, 4.69) is 56.0 Å². The molecule has 5 heteroatoms. The Morgan fingerprint density at radius 1 is 1.33 bits per heavy atom. The highest BCUT2D eigenvalue weighted by Crippen LogP contribution is 2.31. The number of halogens is 2. The van der Waals surface area contributed by atoms with Crippen LogP contribution in [0, 0.1) is 0 Å². The average Bonchev–Trinajstić information content (AvgIpc) is 2.78. The van der Waals surface area contributed by atoms with Crippen LogP contribution in [0.2, 0.25) is 0 Å². The maximum absolute atomic E-state index is 5.73. The van der Waals surface area contributed by atoms with Crippen LogP contribution in [0.25, 0.3) is 11.3 Å². The molecule has 2 aromatic rings. The van der Waals surface area contributed by atoms with E-state index >= 15 is 0 Å². The summed E-state index contributed by atoms with van der Waals surface area (Å²) in [4.78, 5) is 4.27. The van der Waals surface area contributed by atoms with Crippen molar-refractivity contribution in [2.75, 3.05) is 0 Å². The van der Waals surface area contributed by atoms with Crippen LogP contribution >= 0.6 is 31.9 Å². The third-order valence-corrected chi connectivity index (χ3v) is 3.59. The largest absolute Gasteiger partial charge is 0.439 e. The van der Waals surface area contributed by atoms with Gasteiger partial charge in [0.05, 0.1) is 12.7 Å². The molecule has 0 saturated heterocycles. The van der Waals surface area contributed by atoms with Crippen LogP contribution in [-0.2, 0) is 6.54 Å². The lowest BCUT2D eigenvalue weighted by Crippen LogP contribution is -2.21. The zero-order chi connectivity index (χ0) is 13.1. The Morgan fingerprint density at radius 2 is 2.11 bits per heavy atom. The predicted octanol–water partition coefficient (Wildman–Crippen LogP) is 4.36. The summed E-state index contributed by atoms with van der Waals surface area (Å²) in [5, 5.41) is 3.28. The molecule has 0 aliphatic rings. The van der Waals surface area contributed by atoms with Gasteiger partial charge in [0.1, 0.15) is 0 Å². The van der Waals surface area contributed by atoms with E-state index in [0.717, 1.165) is 20.3 Å². The minimum absolute atomic E-state index is 0.415. The molecular formula is C13H14Br2N2O. The Labute approximate surface area is 123 Å². The molecule has 2 rings (SSSR count). The summed E-state index contributed by atoms with van der Waals surface area (Å²) in [6, 6.07) is 6.38. The van der Waals surface area contributed by atoms with E-state index in [4.69, 9.17) is 4.42 Å². The highest BCUT2D eigenvalue weighted by molar-refractivity contribution is 9.11. The monoisotopic (exact) mass is 372 g/mol. The number of oxazole rings is 1. The summed E-state index contributed by atoms with van der Waals surface area (Å²) >= 11 is 6.97. The summed E-state index contributed by atoms with van der Waals surface area (Å²) in [6.07, 6.45) is 1.75. The molecule has 0 fully saturated rings. The number of nitrogens with one attached hydrogen (secondary N) is 1. The summed E-state index contributed by atoms with van der Waals surface area (Å²) in [7, 11) is 0.